The van der Waals surface area contributed by atoms with Gasteiger partial charge in [-0.2, -0.15) is 5.10 Å². The van der Waals surface area contributed by atoms with Crippen LogP contribution < -0.4 is 10.2 Å². The zero-order chi connectivity index (χ0) is 19.1. The molecule has 5 nitrogen and oxygen atoms in total. The average Bonchev–Trinajstić information content (AvgIpc) is 3.31. The molecule has 0 amide bonds. The summed E-state index contributed by atoms with van der Waals surface area (Å²) in [4.78, 5) is 4.87. The summed E-state index contributed by atoms with van der Waals surface area (Å²) in [5, 5.41) is 12.1. The standard InChI is InChI=1S/C22H26FN5/c1-15-3-2-4-16-12-27(14-20(15)16)9-7-18-13-28(10-8-24-18)22-19-6-5-17(23)11-21(19)25-26-22/h2-6,11,18,24H,7-10,12-14H2,1H3,(H,25,26). The van der Waals surface area contributed by atoms with E-state index in [1.165, 1.54) is 28.8 Å². The molecular formula is C22H26FN5. The van der Waals surface area contributed by atoms with Gasteiger partial charge in [0.15, 0.2) is 5.82 Å². The summed E-state index contributed by atoms with van der Waals surface area (Å²) < 4.78 is 13.4. The molecule has 3 aromatic rings. The molecule has 2 aromatic carbocycles. The van der Waals surface area contributed by atoms with Gasteiger partial charge in [-0.15, -0.1) is 0 Å². The topological polar surface area (TPSA) is 47.2 Å². The van der Waals surface area contributed by atoms with Gasteiger partial charge in [0.2, 0.25) is 0 Å². The van der Waals surface area contributed by atoms with Gasteiger partial charge in [0.05, 0.1) is 5.52 Å². The fourth-order valence-corrected chi connectivity index (χ4v) is 4.58. The van der Waals surface area contributed by atoms with Crippen LogP contribution in [0.1, 0.15) is 23.1 Å². The molecule has 1 unspecified atom stereocenters. The molecule has 0 aliphatic carbocycles. The molecule has 0 radical (unpaired) electrons. The van der Waals surface area contributed by atoms with E-state index in [1.54, 1.807) is 0 Å². The van der Waals surface area contributed by atoms with Crippen LogP contribution in [0.3, 0.4) is 0 Å². The van der Waals surface area contributed by atoms with Crippen molar-refractivity contribution in [3.8, 4) is 0 Å². The number of nitrogens with zero attached hydrogens (tertiary/aromatic N) is 3. The van der Waals surface area contributed by atoms with Crippen LogP contribution in [0.4, 0.5) is 10.2 Å². The second kappa shape index (κ2) is 7.18. The molecule has 28 heavy (non-hydrogen) atoms. The van der Waals surface area contributed by atoms with Gasteiger partial charge in [-0.25, -0.2) is 4.39 Å². The smallest absolute Gasteiger partial charge is 0.158 e. The van der Waals surface area contributed by atoms with E-state index in [2.05, 4.69) is 50.4 Å². The summed E-state index contributed by atoms with van der Waals surface area (Å²) in [6.07, 6.45) is 1.11. The fourth-order valence-electron chi connectivity index (χ4n) is 4.58. The first kappa shape index (κ1) is 17.6. The lowest BCUT2D eigenvalue weighted by atomic mass is 10.1. The predicted molar refractivity (Wildman–Crippen MR) is 110 cm³/mol. The molecule has 0 bridgehead atoms. The number of hydrogen-bond acceptors (Lipinski definition) is 4. The third-order valence-corrected chi connectivity index (χ3v) is 6.14. The highest BCUT2D eigenvalue weighted by Crippen LogP contribution is 2.27. The molecule has 2 N–H and O–H groups in total. The highest BCUT2D eigenvalue weighted by Gasteiger charge is 2.25. The van der Waals surface area contributed by atoms with E-state index >= 15 is 0 Å². The molecule has 3 heterocycles. The van der Waals surface area contributed by atoms with Crippen LogP contribution in [-0.2, 0) is 13.1 Å². The molecule has 146 valence electrons. The Morgan fingerprint density at radius 1 is 1.21 bits per heavy atom. The number of aromatic nitrogens is 2. The third kappa shape index (κ3) is 3.27. The maximum absolute atomic E-state index is 13.4. The minimum Gasteiger partial charge on any atom is -0.352 e. The molecule has 2 aliphatic rings. The van der Waals surface area contributed by atoms with Crippen molar-refractivity contribution < 1.29 is 4.39 Å². The molecule has 1 saturated heterocycles. The number of aromatic amines is 1. The Labute approximate surface area is 164 Å². The Morgan fingerprint density at radius 3 is 3.04 bits per heavy atom. The maximum Gasteiger partial charge on any atom is 0.158 e. The number of fused-ring (bicyclic) bond motifs is 2. The number of halogens is 1. The van der Waals surface area contributed by atoms with E-state index in [0.29, 0.717) is 6.04 Å². The SMILES string of the molecule is Cc1cccc2c1CN(CCC1CN(c3n[nH]c4cc(F)ccc34)CCN1)C2. The molecule has 1 fully saturated rings. The summed E-state index contributed by atoms with van der Waals surface area (Å²) in [5.74, 6) is 0.702. The van der Waals surface area contributed by atoms with E-state index in [-0.39, 0.29) is 5.82 Å². The normalized spacial score (nSPS) is 20.1. The first-order chi connectivity index (χ1) is 13.7. The first-order valence-corrected chi connectivity index (χ1v) is 10.1. The summed E-state index contributed by atoms with van der Waals surface area (Å²) in [6.45, 7) is 8.21. The number of H-pyrrole nitrogens is 1. The van der Waals surface area contributed by atoms with Gasteiger partial charge in [-0.05, 0) is 48.2 Å². The Balaban J connectivity index is 1.22. The molecule has 1 atom stereocenters. The fraction of sp³-hybridized carbons (Fsp3) is 0.409. The van der Waals surface area contributed by atoms with Gasteiger partial charge >= 0.3 is 0 Å². The van der Waals surface area contributed by atoms with E-state index in [4.69, 9.17) is 0 Å². The quantitative estimate of drug-likeness (QED) is 0.731. The van der Waals surface area contributed by atoms with Gasteiger partial charge in [-0.1, -0.05) is 18.2 Å². The molecule has 0 spiro atoms. The number of aryl methyl sites for hydroxylation is 1. The van der Waals surface area contributed by atoms with Crippen molar-refractivity contribution in [3.05, 3.63) is 58.9 Å². The van der Waals surface area contributed by atoms with E-state index in [0.717, 1.165) is 62.4 Å². The Kier molecular flexibility index (Phi) is 4.53. The summed E-state index contributed by atoms with van der Waals surface area (Å²) in [7, 11) is 0. The van der Waals surface area contributed by atoms with Crippen LogP contribution in [0.15, 0.2) is 36.4 Å². The van der Waals surface area contributed by atoms with E-state index < -0.39 is 0 Å². The lowest BCUT2D eigenvalue weighted by Gasteiger charge is -2.34. The van der Waals surface area contributed by atoms with Crippen molar-refractivity contribution in [1.29, 1.82) is 0 Å². The second-order valence-electron chi connectivity index (χ2n) is 8.05. The van der Waals surface area contributed by atoms with Crippen LogP contribution in [0.5, 0.6) is 0 Å². The first-order valence-electron chi connectivity index (χ1n) is 10.1. The summed E-state index contributed by atoms with van der Waals surface area (Å²) in [5.41, 5.74) is 5.16. The lowest BCUT2D eigenvalue weighted by molar-refractivity contribution is 0.260. The van der Waals surface area contributed by atoms with Crippen LogP contribution in [-0.4, -0.2) is 47.3 Å². The maximum atomic E-state index is 13.4. The van der Waals surface area contributed by atoms with Gasteiger partial charge < -0.3 is 10.2 Å². The minimum atomic E-state index is -0.234. The number of hydrogen-bond donors (Lipinski definition) is 2. The van der Waals surface area contributed by atoms with Gasteiger partial charge in [0, 0.05) is 50.7 Å². The monoisotopic (exact) mass is 379 g/mol. The minimum absolute atomic E-state index is 0.234. The predicted octanol–water partition coefficient (Wildman–Crippen LogP) is 3.19. The number of benzene rings is 2. The van der Waals surface area contributed by atoms with Crippen molar-refractivity contribution >= 4 is 16.7 Å². The summed E-state index contributed by atoms with van der Waals surface area (Å²) in [6, 6.07) is 11.9. The van der Waals surface area contributed by atoms with Crippen LogP contribution in [0.25, 0.3) is 10.9 Å². The highest BCUT2D eigenvalue weighted by molar-refractivity contribution is 5.90. The van der Waals surface area contributed by atoms with Crippen molar-refractivity contribution in [1.82, 2.24) is 20.4 Å². The van der Waals surface area contributed by atoms with Gasteiger partial charge in [0.1, 0.15) is 5.82 Å². The number of nitrogens with one attached hydrogen (secondary N) is 2. The van der Waals surface area contributed by atoms with Crippen molar-refractivity contribution in [2.45, 2.75) is 32.5 Å². The van der Waals surface area contributed by atoms with Gasteiger partial charge in [-0.3, -0.25) is 10.00 Å². The molecule has 0 saturated carbocycles. The van der Waals surface area contributed by atoms with E-state index in [1.807, 2.05) is 6.07 Å². The molecule has 2 aliphatic heterocycles. The van der Waals surface area contributed by atoms with Crippen molar-refractivity contribution in [2.75, 3.05) is 31.1 Å². The van der Waals surface area contributed by atoms with Crippen LogP contribution in [0.2, 0.25) is 0 Å². The largest absolute Gasteiger partial charge is 0.352 e. The number of piperazine rings is 1. The number of anilines is 1. The summed E-state index contributed by atoms with van der Waals surface area (Å²) >= 11 is 0. The van der Waals surface area contributed by atoms with E-state index in [9.17, 15) is 4.39 Å². The van der Waals surface area contributed by atoms with Gasteiger partial charge in [0.25, 0.3) is 0 Å². The van der Waals surface area contributed by atoms with Crippen LogP contribution >= 0.6 is 0 Å². The highest BCUT2D eigenvalue weighted by atomic mass is 19.1. The number of rotatable bonds is 4. The molecule has 6 heteroatoms. The third-order valence-electron chi connectivity index (χ3n) is 6.14. The average molecular weight is 379 g/mol. The molecular weight excluding hydrogens is 353 g/mol. The van der Waals surface area contributed by atoms with Crippen molar-refractivity contribution in [3.63, 3.8) is 0 Å². The Morgan fingerprint density at radius 2 is 2.14 bits per heavy atom. The Bertz CT molecular complexity index is 998. The van der Waals surface area contributed by atoms with Crippen molar-refractivity contribution in [2.24, 2.45) is 0 Å². The zero-order valence-corrected chi connectivity index (χ0v) is 16.2. The molecule has 1 aromatic heterocycles. The molecule has 5 rings (SSSR count). The zero-order valence-electron chi connectivity index (χ0n) is 16.2. The lowest BCUT2D eigenvalue weighted by Crippen LogP contribution is -2.51. The Hall–Kier alpha value is -2.44. The van der Waals surface area contributed by atoms with Crippen LogP contribution in [0, 0.1) is 12.7 Å². The second-order valence-corrected chi connectivity index (χ2v) is 8.05.